The molecular formula is C13H14N4OS. The molecule has 0 amide bonds. The van der Waals surface area contributed by atoms with E-state index in [1.807, 2.05) is 0 Å². The first-order chi connectivity index (χ1) is 9.04. The van der Waals surface area contributed by atoms with Crippen LogP contribution in [0.3, 0.4) is 0 Å². The van der Waals surface area contributed by atoms with Crippen LogP contribution in [-0.4, -0.2) is 15.8 Å². The maximum Gasteiger partial charge on any atom is 0.222 e. The molecule has 0 saturated carbocycles. The van der Waals surface area contributed by atoms with Gasteiger partial charge in [0.2, 0.25) is 5.95 Å². The first kappa shape index (κ1) is 12.1. The lowest BCUT2D eigenvalue weighted by molar-refractivity contribution is 0.0964. The van der Waals surface area contributed by atoms with Gasteiger partial charge in [-0.1, -0.05) is 0 Å². The fraction of sp³-hybridized carbons (Fsp3) is 0.308. The van der Waals surface area contributed by atoms with Crippen LogP contribution in [-0.2, 0) is 6.42 Å². The van der Waals surface area contributed by atoms with E-state index < -0.39 is 0 Å². The Morgan fingerprint density at radius 2 is 2.05 bits per heavy atom. The molecule has 19 heavy (non-hydrogen) atoms. The number of nitrogens with zero attached hydrogens (tertiary/aromatic N) is 2. The van der Waals surface area contributed by atoms with Gasteiger partial charge in [0.05, 0.1) is 11.3 Å². The number of ketones is 1. The average Bonchev–Trinajstić information content (AvgIpc) is 2.74. The highest BCUT2D eigenvalue weighted by molar-refractivity contribution is 7.12. The molecule has 4 N–H and O–H groups in total. The summed E-state index contributed by atoms with van der Waals surface area (Å²) in [5.41, 5.74) is 12.5. The van der Waals surface area contributed by atoms with Gasteiger partial charge in [-0.15, -0.1) is 11.3 Å². The molecule has 0 radical (unpaired) electrons. The van der Waals surface area contributed by atoms with Crippen molar-refractivity contribution in [2.24, 2.45) is 0 Å². The van der Waals surface area contributed by atoms with Crippen molar-refractivity contribution in [2.45, 2.75) is 25.7 Å². The summed E-state index contributed by atoms with van der Waals surface area (Å²) in [4.78, 5) is 22.7. The van der Waals surface area contributed by atoms with E-state index in [4.69, 9.17) is 11.5 Å². The summed E-state index contributed by atoms with van der Waals surface area (Å²) < 4.78 is 0. The van der Waals surface area contributed by atoms with Crippen molar-refractivity contribution >= 4 is 28.9 Å². The number of carbonyl (C=O) groups excluding carboxylic acids is 1. The number of rotatable bonds is 1. The number of Topliss-reactive ketones (excluding diaryl/α,β-unsaturated/α-hetero) is 1. The van der Waals surface area contributed by atoms with Crippen LogP contribution < -0.4 is 11.5 Å². The fourth-order valence-corrected chi connectivity index (χ4v) is 3.48. The Morgan fingerprint density at radius 1 is 1.26 bits per heavy atom. The lowest BCUT2D eigenvalue weighted by atomic mass is 9.85. The fourth-order valence-electron chi connectivity index (χ4n) is 2.50. The molecule has 0 bridgehead atoms. The Hall–Kier alpha value is -1.95. The highest BCUT2D eigenvalue weighted by atomic mass is 32.1. The number of aryl methyl sites for hydroxylation is 1. The highest BCUT2D eigenvalue weighted by Crippen LogP contribution is 2.36. The topological polar surface area (TPSA) is 94.9 Å². The van der Waals surface area contributed by atoms with Crippen LogP contribution in [0, 0.1) is 6.92 Å². The zero-order valence-corrected chi connectivity index (χ0v) is 11.3. The molecule has 2 aromatic heterocycles. The predicted molar refractivity (Wildman–Crippen MR) is 75.3 cm³/mol. The van der Waals surface area contributed by atoms with E-state index in [-0.39, 0.29) is 23.5 Å². The van der Waals surface area contributed by atoms with Crippen LogP contribution in [0.1, 0.15) is 38.1 Å². The van der Waals surface area contributed by atoms with E-state index in [0.717, 1.165) is 0 Å². The van der Waals surface area contributed by atoms with E-state index in [0.29, 0.717) is 24.1 Å². The Morgan fingerprint density at radius 3 is 2.74 bits per heavy atom. The second-order valence-electron chi connectivity index (χ2n) is 4.77. The number of fused-ring (bicyclic) bond motifs is 1. The number of hydrogen-bond donors (Lipinski definition) is 2. The number of hydrogen-bond acceptors (Lipinski definition) is 6. The third-order valence-corrected chi connectivity index (χ3v) is 4.51. The van der Waals surface area contributed by atoms with Gasteiger partial charge in [0, 0.05) is 22.1 Å². The third-order valence-electron chi connectivity index (χ3n) is 3.34. The standard InChI is InChI=1S/C13H14N4OS/c1-6-2-3-10(19-6)7-4-8-11(9(18)5-7)12(14)17-13(15)16-8/h2-3,7H,4-5H2,1H3,(H4,14,15,16,17). The van der Waals surface area contributed by atoms with Gasteiger partial charge in [0.25, 0.3) is 0 Å². The zero-order chi connectivity index (χ0) is 13.6. The lowest BCUT2D eigenvalue weighted by Gasteiger charge is -2.22. The molecule has 0 aromatic carbocycles. The number of carbonyl (C=O) groups is 1. The van der Waals surface area contributed by atoms with Crippen molar-refractivity contribution < 1.29 is 4.79 Å². The molecule has 1 aliphatic rings. The normalized spacial score (nSPS) is 18.4. The molecule has 5 nitrogen and oxygen atoms in total. The molecule has 1 atom stereocenters. The maximum absolute atomic E-state index is 12.2. The van der Waals surface area contributed by atoms with Crippen molar-refractivity contribution in [2.75, 3.05) is 11.5 Å². The Bertz CT molecular complexity index is 665. The largest absolute Gasteiger partial charge is 0.383 e. The van der Waals surface area contributed by atoms with E-state index in [1.54, 1.807) is 11.3 Å². The number of thiophene rings is 1. The number of nitrogens with two attached hydrogens (primary N) is 2. The first-order valence-electron chi connectivity index (χ1n) is 6.06. The second-order valence-corrected chi connectivity index (χ2v) is 6.08. The summed E-state index contributed by atoms with van der Waals surface area (Å²) in [6, 6.07) is 4.15. The number of aromatic nitrogens is 2. The van der Waals surface area contributed by atoms with Gasteiger partial charge in [0.15, 0.2) is 5.78 Å². The molecule has 0 saturated heterocycles. The van der Waals surface area contributed by atoms with Crippen molar-refractivity contribution in [3.05, 3.63) is 33.1 Å². The van der Waals surface area contributed by atoms with E-state index in [9.17, 15) is 4.79 Å². The Labute approximate surface area is 114 Å². The summed E-state index contributed by atoms with van der Waals surface area (Å²) in [5.74, 6) is 0.516. The summed E-state index contributed by atoms with van der Waals surface area (Å²) in [6.07, 6.45) is 1.16. The van der Waals surface area contributed by atoms with Crippen LogP contribution in [0.2, 0.25) is 0 Å². The molecule has 1 aliphatic carbocycles. The SMILES string of the molecule is Cc1ccc(C2CC(=O)c3c(N)nc(N)nc3C2)s1. The zero-order valence-electron chi connectivity index (χ0n) is 10.5. The molecule has 6 heteroatoms. The van der Waals surface area contributed by atoms with Crippen LogP contribution >= 0.6 is 11.3 Å². The van der Waals surface area contributed by atoms with E-state index >= 15 is 0 Å². The van der Waals surface area contributed by atoms with Crippen LogP contribution in [0.25, 0.3) is 0 Å². The van der Waals surface area contributed by atoms with Gasteiger partial charge in [-0.2, -0.15) is 4.98 Å². The summed E-state index contributed by atoms with van der Waals surface area (Å²) in [6.45, 7) is 2.06. The number of anilines is 2. The first-order valence-corrected chi connectivity index (χ1v) is 6.87. The summed E-state index contributed by atoms with van der Waals surface area (Å²) in [5, 5.41) is 0. The molecule has 0 fully saturated rings. The third kappa shape index (κ3) is 2.08. The molecule has 1 unspecified atom stereocenters. The van der Waals surface area contributed by atoms with Crippen LogP contribution in [0.4, 0.5) is 11.8 Å². The predicted octanol–water partition coefficient (Wildman–Crippen LogP) is 1.92. The summed E-state index contributed by atoms with van der Waals surface area (Å²) in [7, 11) is 0. The molecule has 3 rings (SSSR count). The minimum Gasteiger partial charge on any atom is -0.383 e. The Balaban J connectivity index is 2.02. The van der Waals surface area contributed by atoms with Gasteiger partial charge in [-0.25, -0.2) is 4.98 Å². The average molecular weight is 274 g/mol. The van der Waals surface area contributed by atoms with Crippen molar-refractivity contribution in [3.8, 4) is 0 Å². The van der Waals surface area contributed by atoms with Gasteiger partial charge >= 0.3 is 0 Å². The smallest absolute Gasteiger partial charge is 0.222 e. The monoisotopic (exact) mass is 274 g/mol. The van der Waals surface area contributed by atoms with E-state index in [2.05, 4.69) is 29.0 Å². The molecule has 0 aliphatic heterocycles. The highest BCUT2D eigenvalue weighted by Gasteiger charge is 2.30. The Kier molecular flexibility index (Phi) is 2.74. The second kappa shape index (κ2) is 4.31. The molecule has 0 spiro atoms. The van der Waals surface area contributed by atoms with Gasteiger partial charge in [-0.3, -0.25) is 4.79 Å². The minimum absolute atomic E-state index is 0.00908. The number of nitrogen functional groups attached to an aromatic ring is 2. The van der Waals surface area contributed by atoms with Gasteiger partial charge in [-0.05, 0) is 25.5 Å². The van der Waals surface area contributed by atoms with Crippen LogP contribution in [0.15, 0.2) is 12.1 Å². The molecule has 2 heterocycles. The minimum atomic E-state index is 0.00908. The van der Waals surface area contributed by atoms with Crippen molar-refractivity contribution in [1.82, 2.24) is 9.97 Å². The van der Waals surface area contributed by atoms with Gasteiger partial charge in [0.1, 0.15) is 5.82 Å². The molecule has 2 aromatic rings. The molecule has 98 valence electrons. The molecular weight excluding hydrogens is 260 g/mol. The van der Waals surface area contributed by atoms with Crippen molar-refractivity contribution in [1.29, 1.82) is 0 Å². The maximum atomic E-state index is 12.2. The quantitative estimate of drug-likeness (QED) is 0.828. The van der Waals surface area contributed by atoms with Gasteiger partial charge < -0.3 is 11.5 Å². The lowest BCUT2D eigenvalue weighted by Crippen LogP contribution is -2.22. The van der Waals surface area contributed by atoms with Crippen molar-refractivity contribution in [3.63, 3.8) is 0 Å². The van der Waals surface area contributed by atoms with Crippen LogP contribution in [0.5, 0.6) is 0 Å². The van der Waals surface area contributed by atoms with E-state index in [1.165, 1.54) is 9.75 Å². The summed E-state index contributed by atoms with van der Waals surface area (Å²) >= 11 is 1.72.